The van der Waals surface area contributed by atoms with Gasteiger partial charge in [0.2, 0.25) is 0 Å². The molecule has 0 aliphatic heterocycles. The van der Waals surface area contributed by atoms with E-state index in [0.717, 1.165) is 5.92 Å². The normalized spacial score (nSPS) is 12.5. The van der Waals surface area contributed by atoms with Gasteiger partial charge in [-0.15, -0.1) is 0 Å². The highest BCUT2D eigenvalue weighted by Crippen LogP contribution is 2.19. The summed E-state index contributed by atoms with van der Waals surface area (Å²) in [6.45, 7) is 9.00. The van der Waals surface area contributed by atoms with Crippen LogP contribution in [0.4, 0.5) is 0 Å². The second kappa shape index (κ2) is 28.0. The molecule has 0 N–H and O–H groups in total. The van der Waals surface area contributed by atoms with E-state index in [-0.39, 0.29) is 0 Å². The SMILES string of the molecule is [CH2]C(CCCCCCCCC)CCCCCCCCCCCCCCCCCCCC. The lowest BCUT2D eigenvalue weighted by molar-refractivity contribution is 0.460. The molecule has 187 valence electrons. The molecule has 0 heterocycles. The molecule has 0 aromatic heterocycles. The Labute approximate surface area is 200 Å². The van der Waals surface area contributed by atoms with Crippen molar-refractivity contribution in [2.24, 2.45) is 5.92 Å². The van der Waals surface area contributed by atoms with Gasteiger partial charge in [0.05, 0.1) is 0 Å². The molecular weight excluding hydrogens is 372 g/mol. The number of rotatable bonds is 27. The summed E-state index contributed by atoms with van der Waals surface area (Å²) in [7, 11) is 0. The van der Waals surface area contributed by atoms with Crippen molar-refractivity contribution in [3.05, 3.63) is 6.92 Å². The van der Waals surface area contributed by atoms with E-state index < -0.39 is 0 Å². The predicted octanol–water partition coefficient (Wildman–Crippen LogP) is 12.0. The molecule has 0 rings (SSSR count). The molecule has 1 unspecified atom stereocenters. The van der Waals surface area contributed by atoms with E-state index >= 15 is 0 Å². The molecule has 0 fully saturated rings. The number of hydrogen-bond donors (Lipinski definition) is 0. The van der Waals surface area contributed by atoms with Crippen LogP contribution in [0.5, 0.6) is 0 Å². The average molecular weight is 436 g/mol. The van der Waals surface area contributed by atoms with Gasteiger partial charge in [-0.25, -0.2) is 0 Å². The highest BCUT2D eigenvalue weighted by molar-refractivity contribution is 4.62. The van der Waals surface area contributed by atoms with E-state index in [1.807, 2.05) is 0 Å². The van der Waals surface area contributed by atoms with E-state index in [0.29, 0.717) is 0 Å². The van der Waals surface area contributed by atoms with Crippen LogP contribution in [0, 0.1) is 12.8 Å². The van der Waals surface area contributed by atoms with Crippen molar-refractivity contribution in [3.63, 3.8) is 0 Å². The standard InChI is InChI=1S/C31H63/c1-4-6-8-10-12-13-14-15-16-17-18-19-20-21-22-24-26-28-30-31(3)29-27-25-23-11-9-7-5-2/h31H,3-30H2,1-2H3. The number of hydrogen-bond acceptors (Lipinski definition) is 0. The zero-order valence-electron chi connectivity index (χ0n) is 22.4. The van der Waals surface area contributed by atoms with E-state index in [1.165, 1.54) is 173 Å². The summed E-state index contributed by atoms with van der Waals surface area (Å²) in [4.78, 5) is 0. The predicted molar refractivity (Wildman–Crippen MR) is 145 cm³/mol. The first-order valence-corrected chi connectivity index (χ1v) is 15.1. The second-order valence-electron chi connectivity index (χ2n) is 10.6. The molecule has 0 aromatic carbocycles. The van der Waals surface area contributed by atoms with Crippen LogP contribution in [0.1, 0.15) is 187 Å². The molecule has 0 heteroatoms. The van der Waals surface area contributed by atoms with Crippen molar-refractivity contribution in [2.75, 3.05) is 0 Å². The highest BCUT2D eigenvalue weighted by Gasteiger charge is 2.02. The van der Waals surface area contributed by atoms with E-state index in [1.54, 1.807) is 0 Å². The summed E-state index contributed by atoms with van der Waals surface area (Å²) < 4.78 is 0. The fourth-order valence-electron chi connectivity index (χ4n) is 4.87. The zero-order chi connectivity index (χ0) is 22.7. The monoisotopic (exact) mass is 435 g/mol. The van der Waals surface area contributed by atoms with E-state index in [9.17, 15) is 0 Å². The van der Waals surface area contributed by atoms with Gasteiger partial charge in [-0.2, -0.15) is 0 Å². The minimum absolute atomic E-state index is 0.719. The van der Waals surface area contributed by atoms with Crippen LogP contribution >= 0.6 is 0 Å². The quantitative estimate of drug-likeness (QED) is 0.112. The van der Waals surface area contributed by atoms with Crippen molar-refractivity contribution in [3.8, 4) is 0 Å². The third-order valence-corrected chi connectivity index (χ3v) is 7.18. The van der Waals surface area contributed by atoms with E-state index in [2.05, 4.69) is 20.8 Å². The fourth-order valence-corrected chi connectivity index (χ4v) is 4.87. The van der Waals surface area contributed by atoms with Gasteiger partial charge in [-0.1, -0.05) is 194 Å². The number of unbranched alkanes of at least 4 members (excludes halogenated alkanes) is 23. The van der Waals surface area contributed by atoms with Crippen LogP contribution in [0.15, 0.2) is 0 Å². The Balaban J connectivity index is 3.10. The first-order chi connectivity index (χ1) is 15.3. The van der Waals surface area contributed by atoms with Crippen molar-refractivity contribution in [1.29, 1.82) is 0 Å². The van der Waals surface area contributed by atoms with Gasteiger partial charge in [0.15, 0.2) is 0 Å². The average Bonchev–Trinajstić information content (AvgIpc) is 2.77. The molecule has 0 bridgehead atoms. The largest absolute Gasteiger partial charge is 0.0654 e. The molecule has 0 saturated heterocycles. The van der Waals surface area contributed by atoms with Crippen LogP contribution in [-0.2, 0) is 0 Å². The maximum Gasteiger partial charge on any atom is -0.0414 e. The van der Waals surface area contributed by atoms with Crippen molar-refractivity contribution >= 4 is 0 Å². The third-order valence-electron chi connectivity index (χ3n) is 7.18. The molecule has 1 radical (unpaired) electrons. The van der Waals surface area contributed by atoms with Gasteiger partial charge in [0, 0.05) is 0 Å². The first kappa shape index (κ1) is 31.0. The van der Waals surface area contributed by atoms with Crippen LogP contribution < -0.4 is 0 Å². The zero-order valence-corrected chi connectivity index (χ0v) is 22.4. The van der Waals surface area contributed by atoms with Crippen LogP contribution in [0.2, 0.25) is 0 Å². The molecule has 1 atom stereocenters. The smallest absolute Gasteiger partial charge is 0.0414 e. The summed E-state index contributed by atoms with van der Waals surface area (Å²) in [6, 6.07) is 0. The van der Waals surface area contributed by atoms with Crippen molar-refractivity contribution in [2.45, 2.75) is 187 Å². The third kappa shape index (κ3) is 28.0. The Morgan fingerprint density at radius 1 is 0.323 bits per heavy atom. The van der Waals surface area contributed by atoms with Crippen LogP contribution in [0.25, 0.3) is 0 Å². The van der Waals surface area contributed by atoms with E-state index in [4.69, 9.17) is 0 Å². The molecule has 0 aromatic rings. The lowest BCUT2D eigenvalue weighted by Crippen LogP contribution is -1.95. The topological polar surface area (TPSA) is 0 Å². The molecule has 0 aliphatic rings. The first-order valence-electron chi connectivity index (χ1n) is 15.1. The summed E-state index contributed by atoms with van der Waals surface area (Å²) in [5, 5.41) is 0. The minimum atomic E-state index is 0.719. The molecule has 0 nitrogen and oxygen atoms in total. The van der Waals surface area contributed by atoms with Crippen LogP contribution in [0.3, 0.4) is 0 Å². The lowest BCUT2D eigenvalue weighted by Gasteiger charge is -2.11. The molecule has 0 spiro atoms. The summed E-state index contributed by atoms with van der Waals surface area (Å²) in [5.74, 6) is 0.719. The Bertz CT molecular complexity index is 294. The molecule has 0 amide bonds. The van der Waals surface area contributed by atoms with Crippen molar-refractivity contribution in [1.82, 2.24) is 0 Å². The maximum atomic E-state index is 4.40. The van der Waals surface area contributed by atoms with Crippen LogP contribution in [-0.4, -0.2) is 0 Å². The van der Waals surface area contributed by atoms with Gasteiger partial charge in [0.25, 0.3) is 0 Å². The van der Waals surface area contributed by atoms with Crippen molar-refractivity contribution < 1.29 is 0 Å². The van der Waals surface area contributed by atoms with Gasteiger partial charge in [-0.3, -0.25) is 0 Å². The highest BCUT2D eigenvalue weighted by atomic mass is 14.1. The summed E-state index contributed by atoms with van der Waals surface area (Å²) >= 11 is 0. The molecule has 31 heavy (non-hydrogen) atoms. The fraction of sp³-hybridized carbons (Fsp3) is 0.968. The molecule has 0 aliphatic carbocycles. The maximum absolute atomic E-state index is 4.40. The minimum Gasteiger partial charge on any atom is -0.0654 e. The van der Waals surface area contributed by atoms with Gasteiger partial charge < -0.3 is 0 Å². The summed E-state index contributed by atoms with van der Waals surface area (Å²) in [5.41, 5.74) is 0. The van der Waals surface area contributed by atoms with Gasteiger partial charge >= 0.3 is 0 Å². The summed E-state index contributed by atoms with van der Waals surface area (Å²) in [6.07, 6.45) is 39.1. The molecule has 0 saturated carbocycles. The van der Waals surface area contributed by atoms with Gasteiger partial charge in [-0.05, 0) is 5.92 Å². The Morgan fingerprint density at radius 3 is 0.742 bits per heavy atom. The lowest BCUT2D eigenvalue weighted by atomic mass is 9.95. The Morgan fingerprint density at radius 2 is 0.516 bits per heavy atom. The van der Waals surface area contributed by atoms with Gasteiger partial charge in [0.1, 0.15) is 0 Å². The Kier molecular flexibility index (Phi) is 28.0. The molecular formula is C31H63. The Hall–Kier alpha value is 0. The second-order valence-corrected chi connectivity index (χ2v) is 10.6.